The van der Waals surface area contributed by atoms with E-state index in [-0.39, 0.29) is 6.04 Å². The molecule has 2 unspecified atom stereocenters. The number of sulfonamides is 1. The zero-order valence-corrected chi connectivity index (χ0v) is 8.35. The molecule has 2 atom stereocenters. The van der Waals surface area contributed by atoms with Gasteiger partial charge in [0.25, 0.3) is 0 Å². The minimum atomic E-state index is -3.43. The molecule has 5 heteroatoms. The van der Waals surface area contributed by atoms with E-state index in [9.17, 15) is 8.42 Å². The van der Waals surface area contributed by atoms with Crippen LogP contribution in [0.3, 0.4) is 0 Å². The van der Waals surface area contributed by atoms with Crippen LogP contribution in [0.2, 0.25) is 0 Å². The predicted octanol–water partition coefficient (Wildman–Crippen LogP) is 0.616. The average Bonchev–Trinajstić information content (AvgIpc) is 2.02. The summed E-state index contributed by atoms with van der Waals surface area (Å²) in [5.74, 6) is 0. The van der Waals surface area contributed by atoms with Gasteiger partial charge in [-0.25, -0.2) is 13.1 Å². The topological polar surface area (TPSA) is 70.0 Å². The lowest BCUT2D eigenvalue weighted by molar-refractivity contribution is 0.552. The van der Waals surface area contributed by atoms with Crippen LogP contribution < -0.4 is 4.72 Å². The fraction of sp³-hybridized carbons (Fsp3) is 0.857. The van der Waals surface area contributed by atoms with Gasteiger partial charge in [-0.2, -0.15) is 5.26 Å². The third-order valence-electron chi connectivity index (χ3n) is 1.63. The largest absolute Gasteiger partial charge is 0.227 e. The van der Waals surface area contributed by atoms with E-state index in [1.807, 2.05) is 6.92 Å². The summed E-state index contributed by atoms with van der Waals surface area (Å²) in [4.78, 5) is 0. The zero-order chi connectivity index (χ0) is 9.78. The Kier molecular flexibility index (Phi) is 4.21. The van der Waals surface area contributed by atoms with Crippen molar-refractivity contribution < 1.29 is 8.42 Å². The summed E-state index contributed by atoms with van der Waals surface area (Å²) in [5.41, 5.74) is 0. The third kappa shape index (κ3) is 3.20. The van der Waals surface area contributed by atoms with Gasteiger partial charge < -0.3 is 0 Å². The molecule has 0 bridgehead atoms. The molecule has 4 nitrogen and oxygen atoms in total. The van der Waals surface area contributed by atoms with Crippen LogP contribution in [-0.4, -0.2) is 19.7 Å². The molecular weight excluding hydrogens is 176 g/mol. The maximum atomic E-state index is 11.2. The number of nitrogens with one attached hydrogen (secondary N) is 1. The quantitative estimate of drug-likeness (QED) is 0.706. The van der Waals surface area contributed by atoms with Crippen molar-refractivity contribution in [2.75, 3.05) is 0 Å². The Balaban J connectivity index is 4.36. The van der Waals surface area contributed by atoms with Crippen molar-refractivity contribution in [3.8, 4) is 6.07 Å². The van der Waals surface area contributed by atoms with Crippen LogP contribution in [-0.2, 0) is 10.0 Å². The van der Waals surface area contributed by atoms with Gasteiger partial charge >= 0.3 is 0 Å². The average molecular weight is 190 g/mol. The van der Waals surface area contributed by atoms with Crippen molar-refractivity contribution in [1.82, 2.24) is 4.72 Å². The molecule has 70 valence electrons. The highest BCUT2D eigenvalue weighted by atomic mass is 32.2. The fourth-order valence-electron chi connectivity index (χ4n) is 0.535. The molecule has 0 fully saturated rings. The highest BCUT2D eigenvalue weighted by Gasteiger charge is 2.21. The van der Waals surface area contributed by atoms with Gasteiger partial charge in [0.1, 0.15) is 0 Å². The summed E-state index contributed by atoms with van der Waals surface area (Å²) in [6, 6.07) is 1.58. The molecular formula is C7H14N2O2S. The summed E-state index contributed by atoms with van der Waals surface area (Å²) in [7, 11) is -3.43. The van der Waals surface area contributed by atoms with Crippen molar-refractivity contribution in [1.29, 1.82) is 5.26 Å². The van der Waals surface area contributed by atoms with Crippen molar-refractivity contribution in [3.05, 3.63) is 0 Å². The van der Waals surface area contributed by atoms with Crippen molar-refractivity contribution in [3.63, 3.8) is 0 Å². The summed E-state index contributed by atoms with van der Waals surface area (Å²) in [5, 5.41) is 7.41. The van der Waals surface area contributed by atoms with E-state index in [0.717, 1.165) is 6.42 Å². The summed E-state index contributed by atoms with van der Waals surface area (Å²) in [6.07, 6.45) is 0.720. The van der Waals surface area contributed by atoms with Gasteiger partial charge in [0.05, 0.1) is 6.07 Å². The first-order chi connectivity index (χ1) is 5.44. The van der Waals surface area contributed by atoms with E-state index >= 15 is 0 Å². The molecule has 0 aromatic rings. The molecule has 0 aromatic carbocycles. The van der Waals surface area contributed by atoms with E-state index in [4.69, 9.17) is 5.26 Å². The lowest BCUT2D eigenvalue weighted by Gasteiger charge is -2.12. The number of hydrogen-bond donors (Lipinski definition) is 1. The van der Waals surface area contributed by atoms with Gasteiger partial charge in [-0.1, -0.05) is 6.92 Å². The summed E-state index contributed by atoms with van der Waals surface area (Å²) >= 11 is 0. The minimum Gasteiger partial charge on any atom is -0.211 e. The first kappa shape index (κ1) is 11.4. The zero-order valence-electron chi connectivity index (χ0n) is 7.53. The third-order valence-corrected chi connectivity index (χ3v) is 3.39. The molecule has 0 saturated carbocycles. The summed E-state index contributed by atoms with van der Waals surface area (Å²) < 4.78 is 24.8. The maximum absolute atomic E-state index is 11.2. The molecule has 0 radical (unpaired) electrons. The smallest absolute Gasteiger partial charge is 0.211 e. The van der Waals surface area contributed by atoms with E-state index in [1.165, 1.54) is 6.92 Å². The Morgan fingerprint density at radius 3 is 2.33 bits per heavy atom. The number of rotatable bonds is 4. The first-order valence-corrected chi connectivity index (χ1v) is 5.39. The first-order valence-electron chi connectivity index (χ1n) is 3.84. The van der Waals surface area contributed by atoms with Crippen LogP contribution in [0.5, 0.6) is 0 Å². The van der Waals surface area contributed by atoms with Crippen LogP contribution in [0.15, 0.2) is 0 Å². The monoisotopic (exact) mass is 190 g/mol. The van der Waals surface area contributed by atoms with Gasteiger partial charge in [-0.3, -0.25) is 0 Å². The molecule has 0 amide bonds. The SMILES string of the molecule is CCC(C)NS(=O)(=O)C(C)C#N. The van der Waals surface area contributed by atoms with E-state index in [1.54, 1.807) is 13.0 Å². The molecule has 0 aliphatic carbocycles. The molecule has 0 aliphatic heterocycles. The van der Waals surface area contributed by atoms with Gasteiger partial charge in [0, 0.05) is 6.04 Å². The second-order valence-corrected chi connectivity index (χ2v) is 4.78. The van der Waals surface area contributed by atoms with E-state index in [2.05, 4.69) is 4.72 Å². The van der Waals surface area contributed by atoms with E-state index < -0.39 is 15.3 Å². The Morgan fingerprint density at radius 1 is 1.50 bits per heavy atom. The number of hydrogen-bond acceptors (Lipinski definition) is 3. The lowest BCUT2D eigenvalue weighted by Crippen LogP contribution is -2.37. The highest BCUT2D eigenvalue weighted by Crippen LogP contribution is 1.99. The van der Waals surface area contributed by atoms with Gasteiger partial charge in [0.15, 0.2) is 5.25 Å². The molecule has 0 aliphatic rings. The van der Waals surface area contributed by atoms with Crippen LogP contribution in [0.1, 0.15) is 27.2 Å². The van der Waals surface area contributed by atoms with Gasteiger partial charge in [-0.05, 0) is 20.3 Å². The van der Waals surface area contributed by atoms with Gasteiger partial charge in [-0.15, -0.1) is 0 Å². The molecule has 1 N–H and O–H groups in total. The maximum Gasteiger partial charge on any atom is 0.227 e. The molecule has 0 heterocycles. The highest BCUT2D eigenvalue weighted by molar-refractivity contribution is 7.90. The predicted molar refractivity (Wildman–Crippen MR) is 46.9 cm³/mol. The second kappa shape index (κ2) is 4.43. The second-order valence-electron chi connectivity index (χ2n) is 2.74. The van der Waals surface area contributed by atoms with Crippen LogP contribution in [0.4, 0.5) is 0 Å². The fourth-order valence-corrected chi connectivity index (χ4v) is 1.61. The minimum absolute atomic E-state index is 0.106. The van der Waals surface area contributed by atoms with Crippen molar-refractivity contribution >= 4 is 10.0 Å². The standard InChI is InChI=1S/C7H14N2O2S/c1-4-6(2)9-12(10,11)7(3)5-8/h6-7,9H,4H2,1-3H3. The Morgan fingerprint density at radius 2 is 2.00 bits per heavy atom. The molecule has 0 spiro atoms. The van der Waals surface area contributed by atoms with Crippen LogP contribution >= 0.6 is 0 Å². The van der Waals surface area contributed by atoms with E-state index in [0.29, 0.717) is 0 Å². The number of nitriles is 1. The Bertz CT molecular complexity index is 266. The van der Waals surface area contributed by atoms with Gasteiger partial charge in [0.2, 0.25) is 10.0 Å². The molecule has 0 aromatic heterocycles. The van der Waals surface area contributed by atoms with Crippen LogP contribution in [0, 0.1) is 11.3 Å². The molecule has 12 heavy (non-hydrogen) atoms. The number of nitrogens with zero attached hydrogens (tertiary/aromatic N) is 1. The van der Waals surface area contributed by atoms with Crippen molar-refractivity contribution in [2.45, 2.75) is 38.5 Å². The Labute approximate surface area is 73.6 Å². The summed E-state index contributed by atoms with van der Waals surface area (Å²) in [6.45, 7) is 5.01. The normalized spacial score (nSPS) is 16.5. The molecule has 0 saturated heterocycles. The molecule has 0 rings (SSSR count). The van der Waals surface area contributed by atoms with Crippen LogP contribution in [0.25, 0.3) is 0 Å². The Hall–Kier alpha value is -0.600. The lowest BCUT2D eigenvalue weighted by atomic mass is 10.3. The van der Waals surface area contributed by atoms with Crippen molar-refractivity contribution in [2.24, 2.45) is 0 Å².